The molecule has 0 aliphatic carbocycles. The van der Waals surface area contributed by atoms with E-state index in [-0.39, 0.29) is 17.3 Å². The van der Waals surface area contributed by atoms with E-state index in [1.807, 2.05) is 0 Å². The Morgan fingerprint density at radius 2 is 1.92 bits per heavy atom. The maximum Gasteiger partial charge on any atom is 0.243 e. The first-order chi connectivity index (χ1) is 11.9. The van der Waals surface area contributed by atoms with Gasteiger partial charge in [-0.3, -0.25) is 0 Å². The standard InChI is InChI=1S/C16H13ClFN3O3S/c1-21(25(22,23)14-7-5-13(18)6-8-14)10-15-19-16(20-24-15)11-3-2-4-12(17)9-11/h2-9H,10H2,1H3. The van der Waals surface area contributed by atoms with Gasteiger partial charge in [0.05, 0.1) is 11.4 Å². The van der Waals surface area contributed by atoms with E-state index in [0.29, 0.717) is 16.4 Å². The van der Waals surface area contributed by atoms with Gasteiger partial charge < -0.3 is 4.52 Å². The zero-order chi connectivity index (χ0) is 18.0. The number of sulfonamides is 1. The summed E-state index contributed by atoms with van der Waals surface area (Å²) in [4.78, 5) is 4.16. The highest BCUT2D eigenvalue weighted by Crippen LogP contribution is 2.21. The lowest BCUT2D eigenvalue weighted by Gasteiger charge is -2.14. The third-order valence-electron chi connectivity index (χ3n) is 3.43. The number of nitrogens with zero attached hydrogens (tertiary/aromatic N) is 3. The molecule has 0 saturated heterocycles. The van der Waals surface area contributed by atoms with Gasteiger partial charge in [-0.15, -0.1) is 0 Å². The average Bonchev–Trinajstić information content (AvgIpc) is 3.04. The second kappa shape index (κ2) is 6.91. The lowest BCUT2D eigenvalue weighted by atomic mass is 10.2. The van der Waals surface area contributed by atoms with Crippen molar-refractivity contribution in [1.29, 1.82) is 0 Å². The van der Waals surface area contributed by atoms with E-state index in [1.54, 1.807) is 24.3 Å². The highest BCUT2D eigenvalue weighted by Gasteiger charge is 2.23. The van der Waals surface area contributed by atoms with Crippen LogP contribution < -0.4 is 0 Å². The molecule has 0 saturated carbocycles. The summed E-state index contributed by atoms with van der Waals surface area (Å²) in [5.74, 6) is -0.0714. The van der Waals surface area contributed by atoms with E-state index in [4.69, 9.17) is 16.1 Å². The molecule has 0 bridgehead atoms. The van der Waals surface area contributed by atoms with Crippen LogP contribution in [0, 0.1) is 5.82 Å². The first kappa shape index (κ1) is 17.5. The van der Waals surface area contributed by atoms with E-state index >= 15 is 0 Å². The normalized spacial score (nSPS) is 11.8. The highest BCUT2D eigenvalue weighted by atomic mass is 35.5. The van der Waals surface area contributed by atoms with E-state index in [9.17, 15) is 12.8 Å². The number of aromatic nitrogens is 2. The predicted octanol–water partition coefficient (Wildman–Crippen LogP) is 3.35. The largest absolute Gasteiger partial charge is 0.338 e. The molecule has 0 aliphatic rings. The lowest BCUT2D eigenvalue weighted by Crippen LogP contribution is -2.26. The van der Waals surface area contributed by atoms with Crippen molar-refractivity contribution >= 4 is 21.6 Å². The minimum absolute atomic E-state index is 0.0222. The Balaban J connectivity index is 1.79. The van der Waals surface area contributed by atoms with Crippen molar-refractivity contribution in [2.45, 2.75) is 11.4 Å². The average molecular weight is 382 g/mol. The van der Waals surface area contributed by atoms with Crippen LogP contribution in [0.1, 0.15) is 5.89 Å². The number of benzene rings is 2. The number of rotatable bonds is 5. The van der Waals surface area contributed by atoms with Gasteiger partial charge in [-0.1, -0.05) is 28.9 Å². The second-order valence-corrected chi connectivity index (χ2v) is 7.72. The van der Waals surface area contributed by atoms with Crippen molar-refractivity contribution in [2.75, 3.05) is 7.05 Å². The van der Waals surface area contributed by atoms with Gasteiger partial charge in [0.25, 0.3) is 0 Å². The molecule has 0 fully saturated rings. The summed E-state index contributed by atoms with van der Waals surface area (Å²) < 4.78 is 44.1. The molecule has 0 spiro atoms. The Bertz CT molecular complexity index is 990. The van der Waals surface area contributed by atoms with Crippen LogP contribution in [-0.4, -0.2) is 29.9 Å². The maximum absolute atomic E-state index is 13.0. The third-order valence-corrected chi connectivity index (χ3v) is 5.48. The van der Waals surface area contributed by atoms with Crippen LogP contribution in [0.3, 0.4) is 0 Å². The Labute approximate surface area is 148 Å². The number of halogens is 2. The fraction of sp³-hybridized carbons (Fsp3) is 0.125. The van der Waals surface area contributed by atoms with Crippen molar-refractivity contribution in [2.24, 2.45) is 0 Å². The summed E-state index contributed by atoms with van der Waals surface area (Å²) in [6.07, 6.45) is 0. The summed E-state index contributed by atoms with van der Waals surface area (Å²) in [7, 11) is -2.42. The number of hydrogen-bond acceptors (Lipinski definition) is 5. The van der Waals surface area contributed by atoms with Crippen molar-refractivity contribution in [3.63, 3.8) is 0 Å². The van der Waals surface area contributed by atoms with Crippen LogP contribution in [-0.2, 0) is 16.6 Å². The quantitative estimate of drug-likeness (QED) is 0.677. The van der Waals surface area contributed by atoms with Gasteiger partial charge in [-0.05, 0) is 36.4 Å². The second-order valence-electron chi connectivity index (χ2n) is 5.24. The van der Waals surface area contributed by atoms with Crippen LogP contribution in [0.15, 0.2) is 57.9 Å². The molecule has 6 nitrogen and oxygen atoms in total. The van der Waals surface area contributed by atoms with Crippen LogP contribution in [0.4, 0.5) is 4.39 Å². The summed E-state index contributed by atoms with van der Waals surface area (Å²) in [6, 6.07) is 11.5. The lowest BCUT2D eigenvalue weighted by molar-refractivity contribution is 0.336. The van der Waals surface area contributed by atoms with Crippen LogP contribution in [0.5, 0.6) is 0 Å². The van der Waals surface area contributed by atoms with Gasteiger partial charge in [0.15, 0.2) is 0 Å². The molecular weight excluding hydrogens is 369 g/mol. The van der Waals surface area contributed by atoms with Crippen molar-refractivity contribution in [1.82, 2.24) is 14.4 Å². The molecule has 0 amide bonds. The monoisotopic (exact) mass is 381 g/mol. The summed E-state index contributed by atoms with van der Waals surface area (Å²) in [6.45, 7) is -0.118. The molecule has 0 unspecified atom stereocenters. The van der Waals surface area contributed by atoms with E-state index < -0.39 is 15.8 Å². The summed E-state index contributed by atoms with van der Waals surface area (Å²) >= 11 is 5.92. The molecule has 0 radical (unpaired) electrons. The molecule has 0 atom stereocenters. The smallest absolute Gasteiger partial charge is 0.243 e. The minimum Gasteiger partial charge on any atom is -0.338 e. The molecule has 3 aromatic rings. The van der Waals surface area contributed by atoms with Crippen molar-refractivity contribution in [3.05, 3.63) is 65.3 Å². The Morgan fingerprint density at radius 1 is 1.20 bits per heavy atom. The van der Waals surface area contributed by atoms with E-state index in [1.165, 1.54) is 19.2 Å². The van der Waals surface area contributed by atoms with Crippen LogP contribution in [0.2, 0.25) is 5.02 Å². The molecular formula is C16H13ClFN3O3S. The zero-order valence-electron chi connectivity index (χ0n) is 13.1. The Hall–Kier alpha value is -2.29. The Kier molecular flexibility index (Phi) is 4.85. The van der Waals surface area contributed by atoms with E-state index in [0.717, 1.165) is 16.4 Å². The number of hydrogen-bond donors (Lipinski definition) is 0. The third kappa shape index (κ3) is 3.87. The minimum atomic E-state index is -3.80. The molecule has 130 valence electrons. The van der Waals surface area contributed by atoms with E-state index in [2.05, 4.69) is 10.1 Å². The zero-order valence-corrected chi connectivity index (χ0v) is 14.6. The molecule has 3 rings (SSSR count). The Morgan fingerprint density at radius 3 is 2.60 bits per heavy atom. The molecule has 1 heterocycles. The molecule has 9 heteroatoms. The molecule has 0 N–H and O–H groups in total. The topological polar surface area (TPSA) is 76.3 Å². The van der Waals surface area contributed by atoms with Gasteiger partial charge in [0, 0.05) is 17.6 Å². The van der Waals surface area contributed by atoms with Crippen molar-refractivity contribution in [3.8, 4) is 11.4 Å². The van der Waals surface area contributed by atoms with Gasteiger partial charge in [-0.25, -0.2) is 12.8 Å². The fourth-order valence-corrected chi connectivity index (χ4v) is 3.44. The molecule has 0 aliphatic heterocycles. The molecule has 25 heavy (non-hydrogen) atoms. The highest BCUT2D eigenvalue weighted by molar-refractivity contribution is 7.89. The maximum atomic E-state index is 13.0. The van der Waals surface area contributed by atoms with Gasteiger partial charge in [-0.2, -0.15) is 9.29 Å². The summed E-state index contributed by atoms with van der Waals surface area (Å²) in [5, 5.41) is 4.36. The fourth-order valence-electron chi connectivity index (χ4n) is 2.13. The van der Waals surface area contributed by atoms with Gasteiger partial charge >= 0.3 is 0 Å². The van der Waals surface area contributed by atoms with Crippen LogP contribution in [0.25, 0.3) is 11.4 Å². The van der Waals surface area contributed by atoms with Gasteiger partial charge in [0.2, 0.25) is 21.7 Å². The molecule has 2 aromatic carbocycles. The molecule has 1 aromatic heterocycles. The first-order valence-electron chi connectivity index (χ1n) is 7.17. The van der Waals surface area contributed by atoms with Crippen LogP contribution >= 0.6 is 11.6 Å². The SMILES string of the molecule is CN(Cc1nc(-c2cccc(Cl)c2)no1)S(=O)(=O)c1ccc(F)cc1. The summed E-state index contributed by atoms with van der Waals surface area (Å²) in [5.41, 5.74) is 0.659. The van der Waals surface area contributed by atoms with Gasteiger partial charge in [0.1, 0.15) is 5.82 Å². The van der Waals surface area contributed by atoms with Crippen molar-refractivity contribution < 1.29 is 17.3 Å². The first-order valence-corrected chi connectivity index (χ1v) is 8.98. The predicted molar refractivity (Wildman–Crippen MR) is 89.8 cm³/mol.